The van der Waals surface area contributed by atoms with Crippen molar-refractivity contribution in [2.75, 3.05) is 19.5 Å². The molecule has 26 heavy (non-hydrogen) atoms. The number of rotatable bonds is 4. The number of esters is 2. The van der Waals surface area contributed by atoms with Crippen LogP contribution in [-0.2, 0) is 25.5 Å². The number of fused-ring (bicyclic) bond motifs is 1. The summed E-state index contributed by atoms with van der Waals surface area (Å²) in [5.74, 6) is -1.39. The lowest BCUT2D eigenvalue weighted by Crippen LogP contribution is -2.11. The number of carbonyl (C=O) groups excluding carboxylic acids is 3. The predicted molar refractivity (Wildman–Crippen MR) is 93.3 cm³/mol. The van der Waals surface area contributed by atoms with Gasteiger partial charge < -0.3 is 19.8 Å². The van der Waals surface area contributed by atoms with Crippen LogP contribution >= 0.6 is 0 Å². The van der Waals surface area contributed by atoms with E-state index < -0.39 is 11.9 Å². The van der Waals surface area contributed by atoms with Gasteiger partial charge in [-0.15, -0.1) is 0 Å². The van der Waals surface area contributed by atoms with Gasteiger partial charge in [0.05, 0.1) is 43.2 Å². The Morgan fingerprint density at radius 3 is 2.73 bits per heavy atom. The van der Waals surface area contributed by atoms with Crippen molar-refractivity contribution in [1.82, 2.24) is 9.97 Å². The molecule has 0 unspecified atom stereocenters. The van der Waals surface area contributed by atoms with Crippen LogP contribution in [0.2, 0.25) is 0 Å². The highest BCUT2D eigenvalue weighted by molar-refractivity contribution is 6.35. The van der Waals surface area contributed by atoms with Crippen molar-refractivity contribution in [3.05, 3.63) is 46.5 Å². The molecule has 0 spiro atoms. The zero-order valence-electron chi connectivity index (χ0n) is 14.5. The zero-order valence-corrected chi connectivity index (χ0v) is 14.5. The number of H-pyrrole nitrogens is 1. The highest BCUT2D eigenvalue weighted by atomic mass is 16.5. The van der Waals surface area contributed by atoms with Gasteiger partial charge in [0.15, 0.2) is 0 Å². The lowest BCUT2D eigenvalue weighted by Gasteiger charge is -2.04. The standard InChI is InChI=1S/C18H17N3O5/c1-9-10(7-15(22)25-2)16(18(24)26-3)14(20-9)6-11-12-8-19-5-4-13(12)21-17(11)23/h4-6,8,20H,7H2,1-3H3,(H,21,23). The number of aromatic nitrogens is 2. The Labute approximate surface area is 149 Å². The number of aryl methyl sites for hydroxylation is 1. The minimum Gasteiger partial charge on any atom is -0.469 e. The van der Waals surface area contributed by atoms with Gasteiger partial charge in [-0.25, -0.2) is 4.79 Å². The van der Waals surface area contributed by atoms with E-state index in [4.69, 9.17) is 9.47 Å². The molecular weight excluding hydrogens is 338 g/mol. The van der Waals surface area contributed by atoms with Gasteiger partial charge in [0, 0.05) is 23.7 Å². The van der Waals surface area contributed by atoms with Crippen molar-refractivity contribution in [2.24, 2.45) is 0 Å². The number of pyridine rings is 1. The Hall–Kier alpha value is -3.42. The molecule has 1 aliphatic heterocycles. The number of ether oxygens (including phenoxy) is 2. The second kappa shape index (κ2) is 6.83. The first kappa shape index (κ1) is 17.4. The first-order chi connectivity index (χ1) is 12.5. The molecule has 0 bridgehead atoms. The fourth-order valence-corrected chi connectivity index (χ4v) is 2.89. The van der Waals surface area contributed by atoms with E-state index in [1.165, 1.54) is 14.2 Å². The van der Waals surface area contributed by atoms with Crippen LogP contribution in [0.1, 0.15) is 32.9 Å². The zero-order chi connectivity index (χ0) is 18.8. The van der Waals surface area contributed by atoms with Gasteiger partial charge in [-0.3, -0.25) is 14.6 Å². The number of amides is 1. The number of methoxy groups -OCH3 is 2. The Morgan fingerprint density at radius 2 is 2.04 bits per heavy atom. The molecule has 8 heteroatoms. The lowest BCUT2D eigenvalue weighted by atomic mass is 10.0. The fraction of sp³-hybridized carbons (Fsp3) is 0.222. The Morgan fingerprint density at radius 1 is 1.27 bits per heavy atom. The first-order valence-corrected chi connectivity index (χ1v) is 7.80. The largest absolute Gasteiger partial charge is 0.469 e. The molecule has 3 heterocycles. The number of anilines is 1. The quantitative estimate of drug-likeness (QED) is 0.638. The average molecular weight is 355 g/mol. The fourth-order valence-electron chi connectivity index (χ4n) is 2.89. The number of carbonyl (C=O) groups is 3. The topological polar surface area (TPSA) is 110 Å². The molecular formula is C18H17N3O5. The Bertz CT molecular complexity index is 942. The van der Waals surface area contributed by atoms with Crippen LogP contribution in [0.3, 0.4) is 0 Å². The number of hydrogen-bond acceptors (Lipinski definition) is 6. The van der Waals surface area contributed by atoms with Crippen LogP contribution in [-0.4, -0.2) is 42.0 Å². The molecule has 0 radical (unpaired) electrons. The third-order valence-corrected chi connectivity index (χ3v) is 4.18. The highest BCUT2D eigenvalue weighted by Gasteiger charge is 2.28. The summed E-state index contributed by atoms with van der Waals surface area (Å²) in [7, 11) is 2.53. The van der Waals surface area contributed by atoms with E-state index in [9.17, 15) is 14.4 Å². The Kier molecular flexibility index (Phi) is 4.57. The maximum absolute atomic E-state index is 12.3. The van der Waals surface area contributed by atoms with Crippen molar-refractivity contribution in [2.45, 2.75) is 13.3 Å². The number of nitrogens with one attached hydrogen (secondary N) is 2. The van der Waals surface area contributed by atoms with E-state index in [1.807, 2.05) is 0 Å². The molecule has 1 amide bonds. The third kappa shape index (κ3) is 2.97. The van der Waals surface area contributed by atoms with Gasteiger partial charge in [0.25, 0.3) is 5.91 Å². The lowest BCUT2D eigenvalue weighted by molar-refractivity contribution is -0.139. The molecule has 0 saturated carbocycles. The van der Waals surface area contributed by atoms with E-state index in [-0.39, 0.29) is 17.9 Å². The summed E-state index contributed by atoms with van der Waals surface area (Å²) in [5, 5.41) is 2.74. The van der Waals surface area contributed by atoms with Crippen molar-refractivity contribution in [1.29, 1.82) is 0 Å². The summed E-state index contributed by atoms with van der Waals surface area (Å²) < 4.78 is 9.54. The van der Waals surface area contributed by atoms with Gasteiger partial charge >= 0.3 is 11.9 Å². The molecule has 0 aliphatic carbocycles. The molecule has 2 N–H and O–H groups in total. The molecule has 8 nitrogen and oxygen atoms in total. The van der Waals surface area contributed by atoms with Crippen molar-refractivity contribution in [3.8, 4) is 0 Å². The number of hydrogen-bond donors (Lipinski definition) is 2. The van der Waals surface area contributed by atoms with Crippen LogP contribution in [0.5, 0.6) is 0 Å². The van der Waals surface area contributed by atoms with E-state index in [1.54, 1.807) is 31.5 Å². The third-order valence-electron chi connectivity index (χ3n) is 4.18. The normalized spacial score (nSPS) is 14.1. The summed E-state index contributed by atoms with van der Waals surface area (Å²) in [6, 6.07) is 1.69. The number of nitrogens with zero attached hydrogens (tertiary/aromatic N) is 1. The van der Waals surface area contributed by atoms with E-state index in [0.29, 0.717) is 33.8 Å². The van der Waals surface area contributed by atoms with Crippen LogP contribution < -0.4 is 5.32 Å². The summed E-state index contributed by atoms with van der Waals surface area (Å²) in [6.45, 7) is 1.73. The molecule has 3 rings (SSSR count). The maximum Gasteiger partial charge on any atom is 0.340 e. The van der Waals surface area contributed by atoms with Crippen molar-refractivity contribution < 1.29 is 23.9 Å². The Balaban J connectivity index is 2.14. The van der Waals surface area contributed by atoms with Gasteiger partial charge in [0.1, 0.15) is 0 Å². The SMILES string of the molecule is COC(=O)Cc1c(C)[nH]c(C=C2C(=O)Nc3ccncc32)c1C(=O)OC. The minimum atomic E-state index is -0.607. The van der Waals surface area contributed by atoms with Gasteiger partial charge in [0.2, 0.25) is 0 Å². The second-order valence-electron chi connectivity index (χ2n) is 5.70. The van der Waals surface area contributed by atoms with Crippen LogP contribution in [0.4, 0.5) is 5.69 Å². The number of aromatic amines is 1. The summed E-state index contributed by atoms with van der Waals surface area (Å²) in [5.41, 5.74) is 3.32. The van der Waals surface area contributed by atoms with Gasteiger partial charge in [-0.05, 0) is 24.6 Å². The average Bonchev–Trinajstić information content (AvgIpc) is 3.11. The monoisotopic (exact) mass is 355 g/mol. The van der Waals surface area contributed by atoms with E-state index in [0.717, 1.165) is 0 Å². The predicted octanol–water partition coefficient (Wildman–Crippen LogP) is 1.71. The molecule has 2 aromatic heterocycles. The maximum atomic E-state index is 12.3. The molecule has 1 aliphatic rings. The smallest absolute Gasteiger partial charge is 0.340 e. The van der Waals surface area contributed by atoms with Crippen LogP contribution in [0.15, 0.2) is 18.5 Å². The second-order valence-corrected chi connectivity index (χ2v) is 5.70. The molecule has 0 fully saturated rings. The summed E-state index contributed by atoms with van der Waals surface area (Å²) >= 11 is 0. The van der Waals surface area contributed by atoms with E-state index in [2.05, 4.69) is 15.3 Å². The first-order valence-electron chi connectivity index (χ1n) is 7.80. The van der Waals surface area contributed by atoms with Crippen LogP contribution in [0, 0.1) is 6.92 Å². The van der Waals surface area contributed by atoms with Crippen LogP contribution in [0.25, 0.3) is 11.6 Å². The summed E-state index contributed by atoms with van der Waals surface area (Å²) in [4.78, 5) is 43.4. The highest BCUT2D eigenvalue weighted by Crippen LogP contribution is 2.33. The molecule has 0 atom stereocenters. The summed E-state index contributed by atoms with van der Waals surface area (Å²) in [6.07, 6.45) is 4.62. The minimum absolute atomic E-state index is 0.0865. The molecule has 0 aromatic carbocycles. The van der Waals surface area contributed by atoms with Gasteiger partial charge in [-0.2, -0.15) is 0 Å². The van der Waals surface area contributed by atoms with Gasteiger partial charge in [-0.1, -0.05) is 0 Å². The molecule has 2 aromatic rings. The van der Waals surface area contributed by atoms with Crippen molar-refractivity contribution in [3.63, 3.8) is 0 Å². The molecule has 134 valence electrons. The van der Waals surface area contributed by atoms with Crippen molar-refractivity contribution >= 4 is 35.2 Å². The van der Waals surface area contributed by atoms with E-state index >= 15 is 0 Å². The molecule has 0 saturated heterocycles.